The second kappa shape index (κ2) is 6.99. The van der Waals surface area contributed by atoms with Crippen LogP contribution in [0.4, 0.5) is 0 Å². The number of primary amides is 1. The normalized spacial score (nSPS) is 12.9. The number of hydrogen-bond donors (Lipinski definition) is 3. The number of terminal acetylenes is 1. The van der Waals surface area contributed by atoms with Crippen molar-refractivity contribution in [2.24, 2.45) is 11.5 Å². The van der Waals surface area contributed by atoms with Crippen LogP contribution >= 0.6 is 0 Å². The fourth-order valence-electron chi connectivity index (χ4n) is 1.31. The molecule has 5 N–H and O–H groups in total. The Balaban J connectivity index is 4.18. The highest BCUT2D eigenvalue weighted by molar-refractivity contribution is 5.85. The van der Waals surface area contributed by atoms with Gasteiger partial charge in [-0.1, -0.05) is 0 Å². The molecular formula is C12H22N4O2. The number of carbonyl (C=O) groups is 2. The van der Waals surface area contributed by atoms with Gasteiger partial charge in [-0.15, -0.1) is 12.3 Å². The summed E-state index contributed by atoms with van der Waals surface area (Å²) < 4.78 is 0. The van der Waals surface area contributed by atoms with Crippen LogP contribution in [-0.2, 0) is 9.59 Å². The second-order valence-corrected chi connectivity index (χ2v) is 4.78. The summed E-state index contributed by atoms with van der Waals surface area (Å²) in [6, 6.07) is -0.516. The maximum absolute atomic E-state index is 11.5. The summed E-state index contributed by atoms with van der Waals surface area (Å²) in [4.78, 5) is 24.4. The second-order valence-electron chi connectivity index (χ2n) is 4.78. The molecule has 0 heterocycles. The summed E-state index contributed by atoms with van der Waals surface area (Å²) in [5.41, 5.74) is 9.95. The molecule has 102 valence electrons. The lowest BCUT2D eigenvalue weighted by Crippen LogP contribution is -2.51. The number of nitrogens with one attached hydrogen (secondary N) is 1. The Labute approximate surface area is 108 Å². The van der Waals surface area contributed by atoms with Crippen molar-refractivity contribution in [2.45, 2.75) is 31.8 Å². The topological polar surface area (TPSA) is 101 Å². The smallest absolute Gasteiger partial charge is 0.239 e. The zero-order valence-electron chi connectivity index (χ0n) is 11.2. The van der Waals surface area contributed by atoms with Crippen LogP contribution in [0, 0.1) is 12.3 Å². The lowest BCUT2D eigenvalue weighted by atomic mass is 10.1. The average molecular weight is 254 g/mol. The third-order valence-electron chi connectivity index (χ3n) is 2.51. The van der Waals surface area contributed by atoms with Crippen molar-refractivity contribution < 1.29 is 9.59 Å². The highest BCUT2D eigenvalue weighted by Gasteiger charge is 2.22. The van der Waals surface area contributed by atoms with E-state index in [4.69, 9.17) is 17.9 Å². The van der Waals surface area contributed by atoms with Crippen LogP contribution in [0.15, 0.2) is 0 Å². The number of amides is 2. The fraction of sp³-hybridized carbons (Fsp3) is 0.667. The van der Waals surface area contributed by atoms with Crippen LogP contribution in [0.1, 0.15) is 20.3 Å². The Kier molecular flexibility index (Phi) is 6.37. The molecule has 2 amide bonds. The first-order chi connectivity index (χ1) is 8.20. The zero-order valence-corrected chi connectivity index (χ0v) is 11.2. The number of hydrogen-bond acceptors (Lipinski definition) is 4. The van der Waals surface area contributed by atoms with Gasteiger partial charge >= 0.3 is 0 Å². The van der Waals surface area contributed by atoms with Crippen LogP contribution in [0.25, 0.3) is 0 Å². The molecular weight excluding hydrogens is 232 g/mol. The van der Waals surface area contributed by atoms with Crippen molar-refractivity contribution in [3.63, 3.8) is 0 Å². The molecule has 18 heavy (non-hydrogen) atoms. The highest BCUT2D eigenvalue weighted by atomic mass is 16.2. The Morgan fingerprint density at radius 3 is 2.44 bits per heavy atom. The van der Waals surface area contributed by atoms with E-state index in [1.807, 2.05) is 0 Å². The lowest BCUT2D eigenvalue weighted by Gasteiger charge is -2.25. The molecule has 0 aromatic carbocycles. The molecule has 0 aliphatic rings. The summed E-state index contributed by atoms with van der Waals surface area (Å²) in [5, 5.41) is 2.68. The van der Waals surface area contributed by atoms with Gasteiger partial charge in [0.2, 0.25) is 11.8 Å². The van der Waals surface area contributed by atoms with E-state index in [2.05, 4.69) is 11.2 Å². The van der Waals surface area contributed by atoms with Crippen LogP contribution < -0.4 is 16.8 Å². The molecule has 0 spiro atoms. The van der Waals surface area contributed by atoms with E-state index in [-0.39, 0.29) is 12.3 Å². The number of nitrogens with zero attached hydrogens (tertiary/aromatic N) is 1. The van der Waals surface area contributed by atoms with Gasteiger partial charge in [-0.25, -0.2) is 0 Å². The minimum Gasteiger partial charge on any atom is -0.368 e. The number of nitrogens with two attached hydrogens (primary N) is 2. The Bertz CT molecular complexity index is 341. The lowest BCUT2D eigenvalue weighted by molar-refractivity contribution is -0.125. The predicted octanol–water partition coefficient (Wildman–Crippen LogP) is -1.35. The Morgan fingerprint density at radius 2 is 2.06 bits per heavy atom. The molecule has 0 radical (unpaired) electrons. The van der Waals surface area contributed by atoms with Crippen molar-refractivity contribution >= 4 is 11.8 Å². The van der Waals surface area contributed by atoms with Crippen molar-refractivity contribution in [1.29, 1.82) is 0 Å². The van der Waals surface area contributed by atoms with Gasteiger partial charge in [-0.05, 0) is 20.9 Å². The monoisotopic (exact) mass is 254 g/mol. The van der Waals surface area contributed by atoms with E-state index in [0.717, 1.165) is 0 Å². The van der Waals surface area contributed by atoms with Crippen LogP contribution in [0.2, 0.25) is 0 Å². The van der Waals surface area contributed by atoms with Crippen molar-refractivity contribution in [1.82, 2.24) is 10.2 Å². The maximum Gasteiger partial charge on any atom is 0.239 e. The van der Waals surface area contributed by atoms with E-state index < -0.39 is 17.5 Å². The summed E-state index contributed by atoms with van der Waals surface area (Å²) in [7, 11) is 1.73. The van der Waals surface area contributed by atoms with Gasteiger partial charge < -0.3 is 16.8 Å². The summed E-state index contributed by atoms with van der Waals surface area (Å²) in [6.45, 7) is 4.09. The summed E-state index contributed by atoms with van der Waals surface area (Å²) in [6.07, 6.45) is 5.42. The first-order valence-electron chi connectivity index (χ1n) is 5.70. The maximum atomic E-state index is 11.5. The standard InChI is InChI=1S/C12H22N4O2/c1-5-6-9(10(13)17)16(4)8-7-15-11(18)12(2,3)14/h1,9H,6-8,14H2,2-4H3,(H2,13,17)(H,15,18). The number of likely N-dealkylation sites (N-methyl/N-ethyl adjacent to an activating group) is 1. The molecule has 0 aliphatic carbocycles. The largest absolute Gasteiger partial charge is 0.368 e. The van der Waals surface area contributed by atoms with Gasteiger partial charge in [-0.3, -0.25) is 14.5 Å². The zero-order chi connectivity index (χ0) is 14.3. The van der Waals surface area contributed by atoms with Crippen molar-refractivity contribution in [3.8, 4) is 12.3 Å². The molecule has 0 aliphatic heterocycles. The average Bonchev–Trinajstić information content (AvgIpc) is 2.23. The van der Waals surface area contributed by atoms with Gasteiger partial charge in [0.05, 0.1) is 11.6 Å². The molecule has 0 aromatic rings. The van der Waals surface area contributed by atoms with Gasteiger partial charge in [0.1, 0.15) is 0 Å². The van der Waals surface area contributed by atoms with E-state index in [1.54, 1.807) is 25.8 Å². The minimum atomic E-state index is -0.916. The molecule has 6 heteroatoms. The summed E-state index contributed by atoms with van der Waals surface area (Å²) >= 11 is 0. The van der Waals surface area contributed by atoms with Crippen LogP contribution in [0.3, 0.4) is 0 Å². The van der Waals surface area contributed by atoms with Crippen LogP contribution in [0.5, 0.6) is 0 Å². The van der Waals surface area contributed by atoms with E-state index in [0.29, 0.717) is 13.1 Å². The third kappa shape index (κ3) is 5.66. The predicted molar refractivity (Wildman–Crippen MR) is 70.3 cm³/mol. The molecule has 6 nitrogen and oxygen atoms in total. The molecule has 0 bridgehead atoms. The molecule has 0 rings (SSSR count). The Morgan fingerprint density at radius 1 is 1.50 bits per heavy atom. The SMILES string of the molecule is C#CCC(C(N)=O)N(C)CCNC(=O)C(C)(C)N. The number of rotatable bonds is 7. The van der Waals surface area contributed by atoms with Gasteiger partial charge in [0.25, 0.3) is 0 Å². The molecule has 0 aromatic heterocycles. The van der Waals surface area contributed by atoms with Crippen molar-refractivity contribution in [2.75, 3.05) is 20.1 Å². The number of carbonyl (C=O) groups excluding carboxylic acids is 2. The first-order valence-corrected chi connectivity index (χ1v) is 5.70. The quantitative estimate of drug-likeness (QED) is 0.489. The molecule has 1 unspecified atom stereocenters. The Hall–Kier alpha value is -1.58. The molecule has 1 atom stereocenters. The van der Waals surface area contributed by atoms with Gasteiger partial charge in [0, 0.05) is 19.5 Å². The first kappa shape index (κ1) is 16.4. The third-order valence-corrected chi connectivity index (χ3v) is 2.51. The van der Waals surface area contributed by atoms with Gasteiger partial charge in [0.15, 0.2) is 0 Å². The fourth-order valence-corrected chi connectivity index (χ4v) is 1.31. The van der Waals surface area contributed by atoms with Crippen molar-refractivity contribution in [3.05, 3.63) is 0 Å². The van der Waals surface area contributed by atoms with E-state index in [9.17, 15) is 9.59 Å². The summed E-state index contributed by atoms with van der Waals surface area (Å²) in [5.74, 6) is 1.69. The van der Waals surface area contributed by atoms with Crippen LogP contribution in [-0.4, -0.2) is 48.4 Å². The van der Waals surface area contributed by atoms with E-state index in [1.165, 1.54) is 0 Å². The molecule has 0 saturated heterocycles. The molecule has 0 fully saturated rings. The van der Waals surface area contributed by atoms with Gasteiger partial charge in [-0.2, -0.15) is 0 Å². The molecule has 0 saturated carbocycles. The van der Waals surface area contributed by atoms with E-state index >= 15 is 0 Å². The minimum absolute atomic E-state index is 0.247. The highest BCUT2D eigenvalue weighted by Crippen LogP contribution is 2.00.